The standard InChI is InChI=1S/C25H24N2O3S/c1-3-13-27-24(28)23(31-25(27)29)16-19-17-26(21-11-6-5-10-20(19)21)14-8-15-30-22-12-7-4-9-18(22)2/h3-7,9-12,16-17H,1,8,13-15H2,2H3/b23-16-. The number of hydrogen-bond acceptors (Lipinski definition) is 4. The topological polar surface area (TPSA) is 51.5 Å². The van der Waals surface area contributed by atoms with E-state index in [9.17, 15) is 9.59 Å². The van der Waals surface area contributed by atoms with Gasteiger partial charge in [0, 0.05) is 35.8 Å². The van der Waals surface area contributed by atoms with Crippen LogP contribution in [0.2, 0.25) is 0 Å². The molecule has 1 aromatic heterocycles. The zero-order valence-corrected chi connectivity index (χ0v) is 18.2. The van der Waals surface area contributed by atoms with Crippen LogP contribution in [-0.2, 0) is 11.3 Å². The van der Waals surface area contributed by atoms with Crippen molar-refractivity contribution in [1.29, 1.82) is 0 Å². The highest BCUT2D eigenvalue weighted by Crippen LogP contribution is 2.34. The Balaban J connectivity index is 1.51. The molecule has 158 valence electrons. The number of thioether (sulfide) groups is 1. The summed E-state index contributed by atoms with van der Waals surface area (Å²) < 4.78 is 8.10. The normalized spacial score (nSPS) is 15.3. The van der Waals surface area contributed by atoms with E-state index < -0.39 is 0 Å². The molecule has 2 aromatic carbocycles. The largest absolute Gasteiger partial charge is 0.493 e. The first kappa shape index (κ1) is 21.0. The Kier molecular flexibility index (Phi) is 6.28. The van der Waals surface area contributed by atoms with Crippen molar-refractivity contribution in [3.05, 3.63) is 83.4 Å². The fourth-order valence-electron chi connectivity index (χ4n) is 3.64. The molecular formula is C25H24N2O3S. The number of amides is 2. The van der Waals surface area contributed by atoms with Gasteiger partial charge in [-0.3, -0.25) is 14.5 Å². The van der Waals surface area contributed by atoms with E-state index in [1.165, 1.54) is 4.90 Å². The van der Waals surface area contributed by atoms with Crippen LogP contribution >= 0.6 is 11.8 Å². The maximum Gasteiger partial charge on any atom is 0.293 e. The molecule has 3 aromatic rings. The second kappa shape index (κ2) is 9.27. The number of carbonyl (C=O) groups is 2. The number of aryl methyl sites for hydroxylation is 2. The number of ether oxygens (including phenoxy) is 1. The third-order valence-electron chi connectivity index (χ3n) is 5.19. The summed E-state index contributed by atoms with van der Waals surface area (Å²) in [5.41, 5.74) is 3.15. The van der Waals surface area contributed by atoms with Gasteiger partial charge in [0.05, 0.1) is 11.5 Å². The Morgan fingerprint density at radius 1 is 1.10 bits per heavy atom. The molecule has 2 amide bonds. The summed E-state index contributed by atoms with van der Waals surface area (Å²) in [4.78, 5) is 26.3. The van der Waals surface area contributed by atoms with E-state index in [1.807, 2.05) is 61.7 Å². The van der Waals surface area contributed by atoms with Gasteiger partial charge in [-0.15, -0.1) is 6.58 Å². The van der Waals surface area contributed by atoms with Gasteiger partial charge < -0.3 is 9.30 Å². The van der Waals surface area contributed by atoms with Crippen LogP contribution in [0.3, 0.4) is 0 Å². The van der Waals surface area contributed by atoms with Crippen LogP contribution < -0.4 is 4.74 Å². The van der Waals surface area contributed by atoms with E-state index in [-0.39, 0.29) is 17.7 Å². The molecule has 6 heteroatoms. The van der Waals surface area contributed by atoms with E-state index >= 15 is 0 Å². The summed E-state index contributed by atoms with van der Waals surface area (Å²) in [7, 11) is 0. The highest BCUT2D eigenvalue weighted by molar-refractivity contribution is 8.18. The van der Waals surface area contributed by atoms with Crippen LogP contribution in [0.15, 0.2) is 72.3 Å². The highest BCUT2D eigenvalue weighted by atomic mass is 32.2. The molecule has 1 aliphatic heterocycles. The van der Waals surface area contributed by atoms with E-state index in [0.29, 0.717) is 11.5 Å². The Morgan fingerprint density at radius 3 is 2.68 bits per heavy atom. The van der Waals surface area contributed by atoms with Gasteiger partial charge in [0.2, 0.25) is 0 Å². The van der Waals surface area contributed by atoms with Crippen LogP contribution in [0.4, 0.5) is 4.79 Å². The molecule has 0 unspecified atom stereocenters. The van der Waals surface area contributed by atoms with Crippen molar-refractivity contribution in [3.8, 4) is 5.75 Å². The average Bonchev–Trinajstić information content (AvgIpc) is 3.25. The quantitative estimate of drug-likeness (QED) is 0.263. The summed E-state index contributed by atoms with van der Waals surface area (Å²) in [5, 5.41) is 0.797. The number of para-hydroxylation sites is 2. The van der Waals surface area contributed by atoms with Gasteiger partial charge in [-0.1, -0.05) is 42.5 Å². The van der Waals surface area contributed by atoms with E-state index in [4.69, 9.17) is 4.74 Å². The van der Waals surface area contributed by atoms with Gasteiger partial charge >= 0.3 is 0 Å². The van der Waals surface area contributed by atoms with Crippen molar-refractivity contribution in [2.75, 3.05) is 13.2 Å². The fourth-order valence-corrected chi connectivity index (χ4v) is 4.48. The number of imide groups is 1. The predicted molar refractivity (Wildman–Crippen MR) is 126 cm³/mol. The first-order chi connectivity index (χ1) is 15.1. The molecule has 0 saturated carbocycles. The van der Waals surface area contributed by atoms with Crippen LogP contribution in [0, 0.1) is 6.92 Å². The molecule has 0 bridgehead atoms. The van der Waals surface area contributed by atoms with E-state index in [2.05, 4.69) is 17.2 Å². The average molecular weight is 433 g/mol. The lowest BCUT2D eigenvalue weighted by Gasteiger charge is -2.09. The molecule has 0 aliphatic carbocycles. The van der Waals surface area contributed by atoms with Gasteiger partial charge in [0.15, 0.2) is 0 Å². The van der Waals surface area contributed by atoms with Gasteiger partial charge in [-0.05, 0) is 48.9 Å². The van der Waals surface area contributed by atoms with Gasteiger partial charge in [0.1, 0.15) is 5.75 Å². The molecular weight excluding hydrogens is 408 g/mol. The van der Waals surface area contributed by atoms with Crippen molar-refractivity contribution >= 4 is 39.9 Å². The fraction of sp³-hybridized carbons (Fsp3) is 0.200. The zero-order chi connectivity index (χ0) is 21.8. The third kappa shape index (κ3) is 4.44. The van der Waals surface area contributed by atoms with Gasteiger partial charge in [-0.25, -0.2) is 0 Å². The maximum atomic E-state index is 12.6. The van der Waals surface area contributed by atoms with E-state index in [0.717, 1.165) is 52.5 Å². The second-order valence-electron chi connectivity index (χ2n) is 7.34. The Labute approximate surface area is 186 Å². The SMILES string of the molecule is C=CCN1C(=O)S/C(=C\c2cn(CCCOc3ccccc3C)c3ccccc23)C1=O. The number of benzene rings is 2. The molecule has 0 spiro atoms. The lowest BCUT2D eigenvalue weighted by Crippen LogP contribution is -2.27. The number of carbonyl (C=O) groups excluding carboxylic acids is 2. The van der Waals surface area contributed by atoms with Crippen molar-refractivity contribution in [2.24, 2.45) is 0 Å². The Hall–Kier alpha value is -3.25. The number of aromatic nitrogens is 1. The molecule has 0 radical (unpaired) electrons. The number of fused-ring (bicyclic) bond motifs is 1. The summed E-state index contributed by atoms with van der Waals surface area (Å²) >= 11 is 0.976. The lowest BCUT2D eigenvalue weighted by molar-refractivity contribution is -0.122. The lowest BCUT2D eigenvalue weighted by atomic mass is 10.1. The molecule has 1 aliphatic rings. The van der Waals surface area contributed by atoms with Crippen molar-refractivity contribution in [1.82, 2.24) is 9.47 Å². The molecule has 2 heterocycles. The Bertz CT molecular complexity index is 1180. The molecule has 0 atom stereocenters. The maximum absolute atomic E-state index is 12.6. The summed E-state index contributed by atoms with van der Waals surface area (Å²) in [6.07, 6.45) is 6.27. The number of rotatable bonds is 8. The van der Waals surface area contributed by atoms with Crippen LogP contribution in [0.25, 0.3) is 17.0 Å². The number of nitrogens with zero attached hydrogens (tertiary/aromatic N) is 2. The zero-order valence-electron chi connectivity index (χ0n) is 17.4. The highest BCUT2D eigenvalue weighted by Gasteiger charge is 2.34. The monoisotopic (exact) mass is 432 g/mol. The minimum atomic E-state index is -0.265. The minimum absolute atomic E-state index is 0.227. The van der Waals surface area contributed by atoms with Crippen LogP contribution in [-0.4, -0.2) is 33.8 Å². The second-order valence-corrected chi connectivity index (χ2v) is 8.34. The third-order valence-corrected chi connectivity index (χ3v) is 6.09. The molecule has 31 heavy (non-hydrogen) atoms. The summed E-state index contributed by atoms with van der Waals surface area (Å²) in [6, 6.07) is 16.1. The molecule has 5 nitrogen and oxygen atoms in total. The summed E-state index contributed by atoms with van der Waals surface area (Å²) in [6.45, 7) is 7.29. The predicted octanol–water partition coefficient (Wildman–Crippen LogP) is 5.64. The smallest absolute Gasteiger partial charge is 0.293 e. The minimum Gasteiger partial charge on any atom is -0.493 e. The first-order valence-corrected chi connectivity index (χ1v) is 11.0. The Morgan fingerprint density at radius 2 is 1.87 bits per heavy atom. The van der Waals surface area contributed by atoms with E-state index in [1.54, 1.807) is 6.08 Å². The first-order valence-electron chi connectivity index (χ1n) is 10.2. The van der Waals surface area contributed by atoms with Crippen molar-refractivity contribution in [2.45, 2.75) is 19.9 Å². The van der Waals surface area contributed by atoms with Crippen molar-refractivity contribution in [3.63, 3.8) is 0 Å². The molecule has 0 N–H and O–H groups in total. The number of hydrogen-bond donors (Lipinski definition) is 0. The summed E-state index contributed by atoms with van der Waals surface area (Å²) in [5.74, 6) is 0.647. The molecule has 4 rings (SSSR count). The van der Waals surface area contributed by atoms with Crippen LogP contribution in [0.5, 0.6) is 5.75 Å². The van der Waals surface area contributed by atoms with Gasteiger partial charge in [-0.2, -0.15) is 0 Å². The molecule has 1 fully saturated rings. The van der Waals surface area contributed by atoms with Gasteiger partial charge in [0.25, 0.3) is 11.1 Å². The van der Waals surface area contributed by atoms with Crippen molar-refractivity contribution < 1.29 is 14.3 Å². The molecule has 1 saturated heterocycles. The van der Waals surface area contributed by atoms with Crippen LogP contribution in [0.1, 0.15) is 17.5 Å².